The van der Waals surface area contributed by atoms with Gasteiger partial charge >= 0.3 is 0 Å². The molecule has 3 N–H and O–H groups in total. The molecule has 0 aromatic rings. The molecular formula is C18H29F7N2O2. The molecule has 0 aliphatic heterocycles. The van der Waals surface area contributed by atoms with Gasteiger partial charge in [0.2, 0.25) is 11.5 Å². The zero-order valence-electron chi connectivity index (χ0n) is 16.6. The molecular weight excluding hydrogens is 409 g/mol. The molecule has 2 unspecified atom stereocenters. The van der Waals surface area contributed by atoms with Gasteiger partial charge < -0.3 is 20.5 Å². The number of nitrogens with one attached hydrogen (secondary N) is 2. The van der Waals surface area contributed by atoms with Crippen LogP contribution in [0.15, 0.2) is 23.9 Å². The SMILES string of the molecule is CNC(/C=C\CCCN/C(C)=C/CC(C)(F)OCC(F)F)C(O)(C(F)F)C(F)F. The first-order valence-electron chi connectivity index (χ1n) is 9.01. The van der Waals surface area contributed by atoms with Crippen LogP contribution >= 0.6 is 0 Å². The normalized spacial score (nSPS) is 16.8. The molecule has 0 aromatic heterocycles. The molecule has 0 spiro atoms. The molecule has 172 valence electrons. The lowest BCUT2D eigenvalue weighted by Gasteiger charge is -2.32. The van der Waals surface area contributed by atoms with Crippen molar-refractivity contribution in [3.63, 3.8) is 0 Å². The molecule has 0 aliphatic rings. The predicted octanol–water partition coefficient (Wildman–Crippen LogP) is 4.02. The summed E-state index contributed by atoms with van der Waals surface area (Å²) in [4.78, 5) is 0. The van der Waals surface area contributed by atoms with Gasteiger partial charge in [-0.15, -0.1) is 0 Å². The van der Waals surface area contributed by atoms with Crippen molar-refractivity contribution in [1.29, 1.82) is 0 Å². The number of hydrogen-bond acceptors (Lipinski definition) is 4. The van der Waals surface area contributed by atoms with E-state index >= 15 is 0 Å². The summed E-state index contributed by atoms with van der Waals surface area (Å²) in [6.07, 6.45) is -5.51. The van der Waals surface area contributed by atoms with Crippen LogP contribution in [0.4, 0.5) is 30.7 Å². The summed E-state index contributed by atoms with van der Waals surface area (Å²) in [6.45, 7) is 2.09. The molecule has 11 heteroatoms. The van der Waals surface area contributed by atoms with Gasteiger partial charge in [0.05, 0.1) is 6.04 Å². The Bertz CT molecular complexity index is 506. The van der Waals surface area contributed by atoms with Gasteiger partial charge in [-0.05, 0) is 33.7 Å². The van der Waals surface area contributed by atoms with E-state index in [2.05, 4.69) is 15.4 Å². The smallest absolute Gasteiger partial charge is 0.274 e. The van der Waals surface area contributed by atoms with Gasteiger partial charge in [0.25, 0.3) is 19.3 Å². The Labute approximate surface area is 166 Å². The average molecular weight is 438 g/mol. The van der Waals surface area contributed by atoms with E-state index in [1.807, 2.05) is 0 Å². The van der Waals surface area contributed by atoms with E-state index in [0.717, 1.165) is 13.0 Å². The van der Waals surface area contributed by atoms with Crippen molar-refractivity contribution >= 4 is 0 Å². The molecule has 0 amide bonds. The number of likely N-dealkylation sites (N-methyl/N-ethyl adjacent to an activating group) is 1. The summed E-state index contributed by atoms with van der Waals surface area (Å²) in [5, 5.41) is 14.8. The van der Waals surface area contributed by atoms with Crippen LogP contribution in [0.1, 0.15) is 33.1 Å². The highest BCUT2D eigenvalue weighted by molar-refractivity contribution is 5.07. The van der Waals surface area contributed by atoms with Crippen LogP contribution in [0.25, 0.3) is 0 Å². The van der Waals surface area contributed by atoms with Crippen LogP contribution < -0.4 is 10.6 Å². The number of unbranched alkanes of at least 4 members (excludes halogenated alkanes) is 1. The third kappa shape index (κ3) is 10.3. The fraction of sp³-hybridized carbons (Fsp3) is 0.778. The van der Waals surface area contributed by atoms with E-state index in [0.29, 0.717) is 25.1 Å². The topological polar surface area (TPSA) is 53.5 Å². The Morgan fingerprint density at radius 1 is 1.14 bits per heavy atom. The number of halogens is 7. The quantitative estimate of drug-likeness (QED) is 0.205. The standard InChI is InChI=1S/C18H29F7N2O2/c1-12(8-9-17(2,25)29-11-14(19)20)27-10-6-4-5-7-13(26-3)18(28,15(21)22)16(23)24/h5,7-8,13-16,26-28H,4,6,9-11H2,1-3H3/b7-5-,12-8+. The summed E-state index contributed by atoms with van der Waals surface area (Å²) in [6, 6.07) is -1.63. The molecule has 0 rings (SSSR count). The molecule has 0 aliphatic carbocycles. The Morgan fingerprint density at radius 3 is 2.21 bits per heavy atom. The van der Waals surface area contributed by atoms with E-state index in [4.69, 9.17) is 0 Å². The van der Waals surface area contributed by atoms with Gasteiger partial charge in [-0.1, -0.05) is 18.2 Å². The van der Waals surface area contributed by atoms with E-state index in [1.54, 1.807) is 6.92 Å². The summed E-state index contributed by atoms with van der Waals surface area (Å²) in [5.41, 5.74) is -2.91. The molecule has 0 fully saturated rings. The Hall–Kier alpha value is -1.33. The number of rotatable bonds is 15. The predicted molar refractivity (Wildman–Crippen MR) is 96.0 cm³/mol. The minimum atomic E-state index is -3.63. The maximum Gasteiger partial charge on any atom is 0.274 e. The molecule has 0 saturated heterocycles. The number of aliphatic hydroxyl groups is 1. The summed E-state index contributed by atoms with van der Waals surface area (Å²) < 4.78 is 93.7. The van der Waals surface area contributed by atoms with Crippen LogP contribution in [-0.4, -0.2) is 62.1 Å². The Kier molecular flexibility index (Phi) is 12.5. The fourth-order valence-corrected chi connectivity index (χ4v) is 2.29. The second-order valence-corrected chi connectivity index (χ2v) is 6.65. The van der Waals surface area contributed by atoms with Crippen molar-refractivity contribution in [1.82, 2.24) is 10.6 Å². The molecule has 0 heterocycles. The van der Waals surface area contributed by atoms with Crippen molar-refractivity contribution in [3.8, 4) is 0 Å². The molecule has 2 atom stereocenters. The van der Waals surface area contributed by atoms with Gasteiger partial charge in [0, 0.05) is 18.7 Å². The number of allylic oxidation sites excluding steroid dienone is 2. The van der Waals surface area contributed by atoms with Crippen molar-refractivity contribution in [3.05, 3.63) is 23.9 Å². The minimum Gasteiger partial charge on any atom is -0.389 e. The number of alkyl halides is 7. The second-order valence-electron chi connectivity index (χ2n) is 6.65. The Balaban J connectivity index is 4.39. The largest absolute Gasteiger partial charge is 0.389 e. The van der Waals surface area contributed by atoms with Gasteiger partial charge in [0.15, 0.2) is 0 Å². The molecule has 29 heavy (non-hydrogen) atoms. The van der Waals surface area contributed by atoms with E-state index in [1.165, 1.54) is 19.2 Å². The van der Waals surface area contributed by atoms with Crippen molar-refractivity contribution in [2.24, 2.45) is 0 Å². The second kappa shape index (κ2) is 13.1. The van der Waals surface area contributed by atoms with Gasteiger partial charge in [-0.3, -0.25) is 0 Å². The van der Waals surface area contributed by atoms with E-state index in [9.17, 15) is 35.8 Å². The van der Waals surface area contributed by atoms with Gasteiger partial charge in [-0.25, -0.2) is 30.7 Å². The van der Waals surface area contributed by atoms with Crippen LogP contribution in [0.5, 0.6) is 0 Å². The third-order valence-corrected chi connectivity index (χ3v) is 4.07. The molecule has 0 aromatic carbocycles. The lowest BCUT2D eigenvalue weighted by molar-refractivity contribution is -0.185. The average Bonchev–Trinajstić information content (AvgIpc) is 2.63. The minimum absolute atomic E-state index is 0.234. The molecule has 0 radical (unpaired) electrons. The first-order chi connectivity index (χ1) is 13.4. The van der Waals surface area contributed by atoms with E-state index in [-0.39, 0.29) is 6.42 Å². The van der Waals surface area contributed by atoms with E-state index < -0.39 is 43.4 Å². The number of ether oxygens (including phenoxy) is 1. The lowest BCUT2D eigenvalue weighted by Crippen LogP contribution is -2.58. The number of hydrogen-bond donors (Lipinski definition) is 3. The third-order valence-electron chi connectivity index (χ3n) is 4.07. The van der Waals surface area contributed by atoms with Crippen molar-refractivity contribution in [2.75, 3.05) is 20.2 Å². The maximum absolute atomic E-state index is 13.8. The van der Waals surface area contributed by atoms with Gasteiger partial charge in [0.1, 0.15) is 6.61 Å². The molecule has 0 bridgehead atoms. The van der Waals surface area contributed by atoms with Crippen molar-refractivity contribution < 1.29 is 40.6 Å². The fourth-order valence-electron chi connectivity index (χ4n) is 2.29. The maximum atomic E-state index is 13.8. The molecule has 4 nitrogen and oxygen atoms in total. The van der Waals surface area contributed by atoms with Crippen LogP contribution in [-0.2, 0) is 4.74 Å². The Morgan fingerprint density at radius 2 is 1.72 bits per heavy atom. The summed E-state index contributed by atoms with van der Waals surface area (Å²) in [5.74, 6) is -2.23. The highest BCUT2D eigenvalue weighted by Gasteiger charge is 2.52. The van der Waals surface area contributed by atoms with Gasteiger partial charge in [-0.2, -0.15) is 0 Å². The first-order valence-corrected chi connectivity index (χ1v) is 9.01. The van der Waals surface area contributed by atoms with Crippen molar-refractivity contribution in [2.45, 2.75) is 69.9 Å². The lowest BCUT2D eigenvalue weighted by atomic mass is 9.94. The van der Waals surface area contributed by atoms with Crippen LogP contribution in [0.3, 0.4) is 0 Å². The first kappa shape index (κ1) is 27.7. The zero-order chi connectivity index (χ0) is 22.7. The molecule has 0 saturated carbocycles. The zero-order valence-corrected chi connectivity index (χ0v) is 16.6. The highest BCUT2D eigenvalue weighted by Crippen LogP contribution is 2.28. The summed E-state index contributed by atoms with van der Waals surface area (Å²) >= 11 is 0. The highest BCUT2D eigenvalue weighted by atomic mass is 19.3. The van der Waals surface area contributed by atoms with Crippen LogP contribution in [0, 0.1) is 0 Å². The monoisotopic (exact) mass is 438 g/mol. The summed E-state index contributed by atoms with van der Waals surface area (Å²) in [7, 11) is 1.18. The van der Waals surface area contributed by atoms with Crippen LogP contribution in [0.2, 0.25) is 0 Å².